The maximum Gasteiger partial charge on any atom is 0.308 e. The molecule has 2 rings (SSSR count). The standard InChI is InChI=1S/C11H13NO3S/c13-10(7-4-5-16-6-7)12-9-3-1-2-8(9)11(14)15/h4-6,8-9H,1-3H2,(H,12,13)(H,14,15). The Morgan fingerprint density at radius 1 is 1.44 bits per heavy atom. The summed E-state index contributed by atoms with van der Waals surface area (Å²) in [6.45, 7) is 0. The lowest BCUT2D eigenvalue weighted by molar-refractivity contribution is -0.142. The Kier molecular flexibility index (Phi) is 3.24. The topological polar surface area (TPSA) is 66.4 Å². The van der Waals surface area contributed by atoms with Crippen molar-refractivity contribution in [3.05, 3.63) is 22.4 Å². The molecule has 0 aromatic carbocycles. The van der Waals surface area contributed by atoms with E-state index in [1.54, 1.807) is 11.4 Å². The first kappa shape index (κ1) is 11.1. The van der Waals surface area contributed by atoms with Gasteiger partial charge in [-0.15, -0.1) is 0 Å². The van der Waals surface area contributed by atoms with Crippen molar-refractivity contribution in [1.82, 2.24) is 5.32 Å². The van der Waals surface area contributed by atoms with Crippen molar-refractivity contribution in [2.24, 2.45) is 5.92 Å². The number of carbonyl (C=O) groups excluding carboxylic acids is 1. The summed E-state index contributed by atoms with van der Waals surface area (Å²) in [5, 5.41) is 15.4. The zero-order chi connectivity index (χ0) is 11.5. The molecule has 16 heavy (non-hydrogen) atoms. The number of carbonyl (C=O) groups is 2. The molecular formula is C11H13NO3S. The third kappa shape index (κ3) is 2.24. The minimum atomic E-state index is -0.812. The molecule has 4 nitrogen and oxygen atoms in total. The van der Waals surface area contributed by atoms with Crippen LogP contribution in [0.15, 0.2) is 16.8 Å². The number of nitrogens with one attached hydrogen (secondary N) is 1. The molecule has 1 fully saturated rings. The Bertz CT molecular complexity index is 388. The van der Waals surface area contributed by atoms with Gasteiger partial charge in [0.1, 0.15) is 0 Å². The Balaban J connectivity index is 1.99. The van der Waals surface area contributed by atoms with E-state index in [0.29, 0.717) is 12.0 Å². The van der Waals surface area contributed by atoms with Gasteiger partial charge in [0.25, 0.3) is 5.91 Å². The van der Waals surface area contributed by atoms with Gasteiger partial charge in [-0.3, -0.25) is 9.59 Å². The van der Waals surface area contributed by atoms with Gasteiger partial charge in [-0.2, -0.15) is 11.3 Å². The highest BCUT2D eigenvalue weighted by Crippen LogP contribution is 2.26. The molecule has 1 saturated carbocycles. The van der Waals surface area contributed by atoms with E-state index < -0.39 is 11.9 Å². The van der Waals surface area contributed by atoms with E-state index in [1.165, 1.54) is 11.3 Å². The van der Waals surface area contributed by atoms with Gasteiger partial charge >= 0.3 is 5.97 Å². The molecule has 2 unspecified atom stereocenters. The number of rotatable bonds is 3. The van der Waals surface area contributed by atoms with Gasteiger partial charge in [-0.05, 0) is 24.3 Å². The first-order valence-electron chi connectivity index (χ1n) is 5.24. The molecule has 1 aromatic heterocycles. The van der Waals surface area contributed by atoms with E-state index in [-0.39, 0.29) is 11.9 Å². The van der Waals surface area contributed by atoms with Gasteiger partial charge in [0.15, 0.2) is 0 Å². The summed E-state index contributed by atoms with van der Waals surface area (Å²) in [7, 11) is 0. The van der Waals surface area contributed by atoms with Crippen molar-refractivity contribution in [2.45, 2.75) is 25.3 Å². The lowest BCUT2D eigenvalue weighted by Crippen LogP contribution is -2.40. The predicted molar refractivity (Wildman–Crippen MR) is 60.6 cm³/mol. The minimum absolute atomic E-state index is 0.167. The number of hydrogen-bond donors (Lipinski definition) is 2. The minimum Gasteiger partial charge on any atom is -0.481 e. The second-order valence-corrected chi connectivity index (χ2v) is 4.75. The second kappa shape index (κ2) is 4.65. The maximum atomic E-state index is 11.7. The molecule has 2 atom stereocenters. The largest absolute Gasteiger partial charge is 0.481 e. The van der Waals surface area contributed by atoms with Gasteiger partial charge in [-0.25, -0.2) is 0 Å². The molecule has 0 bridgehead atoms. The highest BCUT2D eigenvalue weighted by atomic mass is 32.1. The van der Waals surface area contributed by atoms with Crippen molar-refractivity contribution in [3.63, 3.8) is 0 Å². The Labute approximate surface area is 97.3 Å². The number of carboxylic acids is 1. The van der Waals surface area contributed by atoms with Gasteiger partial charge in [-0.1, -0.05) is 6.42 Å². The van der Waals surface area contributed by atoms with Crippen molar-refractivity contribution in [3.8, 4) is 0 Å². The summed E-state index contributed by atoms with van der Waals surface area (Å²) in [6, 6.07) is 1.52. The van der Waals surface area contributed by atoms with Gasteiger partial charge in [0, 0.05) is 17.0 Å². The Hall–Kier alpha value is -1.36. The predicted octanol–water partition coefficient (Wildman–Crippen LogP) is 1.73. The average Bonchev–Trinajstić information content (AvgIpc) is 2.86. The third-order valence-corrected chi connectivity index (χ3v) is 3.62. The smallest absolute Gasteiger partial charge is 0.308 e. The molecule has 1 aliphatic rings. The average molecular weight is 239 g/mol. The molecular weight excluding hydrogens is 226 g/mol. The SMILES string of the molecule is O=C(NC1CCCC1C(=O)O)c1ccsc1. The summed E-state index contributed by atoms with van der Waals surface area (Å²) in [5.74, 6) is -1.41. The molecule has 1 aromatic rings. The van der Waals surface area contributed by atoms with Crippen molar-refractivity contribution >= 4 is 23.2 Å². The quantitative estimate of drug-likeness (QED) is 0.844. The number of carboxylic acid groups (broad SMARTS) is 1. The number of hydrogen-bond acceptors (Lipinski definition) is 3. The van der Waals surface area contributed by atoms with Crippen LogP contribution < -0.4 is 5.32 Å². The molecule has 0 saturated heterocycles. The van der Waals surface area contributed by atoms with E-state index >= 15 is 0 Å². The molecule has 0 radical (unpaired) electrons. The van der Waals surface area contributed by atoms with E-state index in [0.717, 1.165) is 12.8 Å². The summed E-state index contributed by atoms with van der Waals surface area (Å²) >= 11 is 1.46. The van der Waals surface area contributed by atoms with E-state index in [1.807, 2.05) is 5.38 Å². The van der Waals surface area contributed by atoms with E-state index in [4.69, 9.17) is 5.11 Å². The molecule has 1 heterocycles. The third-order valence-electron chi connectivity index (χ3n) is 2.93. The van der Waals surface area contributed by atoms with Crippen LogP contribution in [-0.2, 0) is 4.79 Å². The summed E-state index contributed by atoms with van der Waals surface area (Å²) in [5.41, 5.74) is 0.612. The lowest BCUT2D eigenvalue weighted by Gasteiger charge is -2.16. The Morgan fingerprint density at radius 2 is 2.25 bits per heavy atom. The van der Waals surface area contributed by atoms with E-state index in [9.17, 15) is 9.59 Å². The van der Waals surface area contributed by atoms with Crippen molar-refractivity contribution in [2.75, 3.05) is 0 Å². The van der Waals surface area contributed by atoms with Crippen molar-refractivity contribution in [1.29, 1.82) is 0 Å². The van der Waals surface area contributed by atoms with Gasteiger partial charge < -0.3 is 10.4 Å². The molecule has 86 valence electrons. The molecule has 0 aliphatic heterocycles. The van der Waals surface area contributed by atoms with Gasteiger partial charge in [0.2, 0.25) is 0 Å². The van der Waals surface area contributed by atoms with Crippen LogP contribution in [0.1, 0.15) is 29.6 Å². The van der Waals surface area contributed by atoms with Crippen LogP contribution in [0.4, 0.5) is 0 Å². The van der Waals surface area contributed by atoms with Crippen LogP contribution in [-0.4, -0.2) is 23.0 Å². The second-order valence-electron chi connectivity index (χ2n) is 3.97. The Morgan fingerprint density at radius 3 is 2.88 bits per heavy atom. The zero-order valence-corrected chi connectivity index (χ0v) is 9.50. The summed E-state index contributed by atoms with van der Waals surface area (Å²) < 4.78 is 0. The van der Waals surface area contributed by atoms with Crippen molar-refractivity contribution < 1.29 is 14.7 Å². The lowest BCUT2D eigenvalue weighted by atomic mass is 10.0. The zero-order valence-electron chi connectivity index (χ0n) is 8.68. The summed E-state index contributed by atoms with van der Waals surface area (Å²) in [6.07, 6.45) is 2.28. The van der Waals surface area contributed by atoms with Crippen LogP contribution in [0, 0.1) is 5.92 Å². The van der Waals surface area contributed by atoms with Gasteiger partial charge in [0.05, 0.1) is 5.92 Å². The fourth-order valence-corrected chi connectivity index (χ4v) is 2.71. The fourth-order valence-electron chi connectivity index (χ4n) is 2.07. The fraction of sp³-hybridized carbons (Fsp3) is 0.455. The number of amides is 1. The van der Waals surface area contributed by atoms with Crippen LogP contribution >= 0.6 is 11.3 Å². The highest BCUT2D eigenvalue weighted by molar-refractivity contribution is 7.08. The molecule has 2 N–H and O–H groups in total. The molecule has 1 aliphatic carbocycles. The first-order chi connectivity index (χ1) is 7.68. The number of thiophene rings is 1. The first-order valence-corrected chi connectivity index (χ1v) is 6.18. The van der Waals surface area contributed by atoms with E-state index in [2.05, 4.69) is 5.32 Å². The monoisotopic (exact) mass is 239 g/mol. The highest BCUT2D eigenvalue weighted by Gasteiger charge is 2.33. The maximum absolute atomic E-state index is 11.7. The van der Waals surface area contributed by atoms with Crippen LogP contribution in [0.25, 0.3) is 0 Å². The normalized spacial score (nSPS) is 24.2. The van der Waals surface area contributed by atoms with Crippen LogP contribution in [0.3, 0.4) is 0 Å². The molecule has 5 heteroatoms. The van der Waals surface area contributed by atoms with Crippen LogP contribution in [0.2, 0.25) is 0 Å². The molecule has 1 amide bonds. The van der Waals surface area contributed by atoms with Crippen LogP contribution in [0.5, 0.6) is 0 Å². The summed E-state index contributed by atoms with van der Waals surface area (Å²) in [4.78, 5) is 22.7. The molecule has 0 spiro atoms. The number of aliphatic carboxylic acids is 1.